The zero-order valence-corrected chi connectivity index (χ0v) is 11.9. The molecule has 0 aromatic heterocycles. The van der Waals surface area contributed by atoms with Crippen LogP contribution in [0.25, 0.3) is 0 Å². The summed E-state index contributed by atoms with van der Waals surface area (Å²) < 4.78 is 43.6. The first-order valence-electron chi connectivity index (χ1n) is 7.48. The van der Waals surface area contributed by atoms with Crippen LogP contribution in [0.15, 0.2) is 24.3 Å². The Kier molecular flexibility index (Phi) is 3.97. The molecule has 1 atom stereocenters. The molecule has 1 aromatic rings. The highest BCUT2D eigenvalue weighted by Gasteiger charge is 2.40. The fraction of sp³-hybridized carbons (Fsp3) is 0.625. The van der Waals surface area contributed by atoms with Gasteiger partial charge in [-0.25, -0.2) is 0 Å². The van der Waals surface area contributed by atoms with Gasteiger partial charge in [0.1, 0.15) is 0 Å². The molecule has 0 aliphatic carbocycles. The van der Waals surface area contributed by atoms with Crippen LogP contribution in [0, 0.1) is 5.92 Å². The topological polar surface area (TPSA) is 21.3 Å². The number of alkyl halides is 3. The third-order valence-electron chi connectivity index (χ3n) is 4.61. The molecule has 2 nitrogen and oxygen atoms in total. The second-order valence-corrected chi connectivity index (χ2v) is 6.21. The monoisotopic (exact) mass is 299 g/mol. The van der Waals surface area contributed by atoms with Crippen molar-refractivity contribution in [3.63, 3.8) is 0 Å². The number of hydrogen-bond acceptors (Lipinski definition) is 2. The van der Waals surface area contributed by atoms with Crippen molar-refractivity contribution < 1.29 is 17.9 Å². The largest absolute Gasteiger partial charge is 0.416 e. The average molecular weight is 299 g/mol. The van der Waals surface area contributed by atoms with E-state index >= 15 is 0 Å². The van der Waals surface area contributed by atoms with Gasteiger partial charge in [0, 0.05) is 0 Å². The van der Waals surface area contributed by atoms with Crippen molar-refractivity contribution in [3.05, 3.63) is 35.4 Å². The van der Waals surface area contributed by atoms with Crippen molar-refractivity contribution in [2.24, 2.45) is 5.92 Å². The molecule has 2 heterocycles. The highest BCUT2D eigenvalue weighted by molar-refractivity contribution is 5.25. The van der Waals surface area contributed by atoms with Crippen LogP contribution < -0.4 is 5.32 Å². The van der Waals surface area contributed by atoms with Crippen LogP contribution in [0.5, 0.6) is 0 Å². The van der Waals surface area contributed by atoms with E-state index in [0.717, 1.165) is 50.9 Å². The first kappa shape index (κ1) is 14.9. The zero-order valence-electron chi connectivity index (χ0n) is 11.9. The van der Waals surface area contributed by atoms with Gasteiger partial charge in [-0.15, -0.1) is 0 Å². The molecule has 1 spiro atoms. The fourth-order valence-electron chi connectivity index (χ4n) is 3.46. The summed E-state index contributed by atoms with van der Waals surface area (Å²) in [7, 11) is 0. The molecule has 2 saturated heterocycles. The van der Waals surface area contributed by atoms with E-state index in [0.29, 0.717) is 5.92 Å². The highest BCUT2D eigenvalue weighted by atomic mass is 19.4. The Morgan fingerprint density at radius 3 is 2.43 bits per heavy atom. The van der Waals surface area contributed by atoms with Gasteiger partial charge in [0.25, 0.3) is 0 Å². The van der Waals surface area contributed by atoms with Gasteiger partial charge in [0.05, 0.1) is 17.8 Å². The van der Waals surface area contributed by atoms with Gasteiger partial charge >= 0.3 is 6.18 Å². The van der Waals surface area contributed by atoms with Crippen LogP contribution in [0.3, 0.4) is 0 Å². The Hall–Kier alpha value is -1.07. The van der Waals surface area contributed by atoms with Gasteiger partial charge in [0.15, 0.2) is 0 Å². The van der Waals surface area contributed by atoms with Crippen molar-refractivity contribution in [2.45, 2.75) is 37.5 Å². The Morgan fingerprint density at radius 2 is 1.81 bits per heavy atom. The Morgan fingerprint density at radius 1 is 1.14 bits per heavy atom. The molecule has 0 bridgehead atoms. The third-order valence-corrected chi connectivity index (χ3v) is 4.61. The summed E-state index contributed by atoms with van der Waals surface area (Å²) in [6.45, 7) is 2.71. The maximum atomic E-state index is 12.5. The molecule has 1 aromatic carbocycles. The van der Waals surface area contributed by atoms with Crippen LogP contribution >= 0.6 is 0 Å². The molecule has 2 fully saturated rings. The molecule has 116 valence electrons. The Bertz CT molecular complexity index is 477. The number of nitrogens with one attached hydrogen (secondary N) is 1. The summed E-state index contributed by atoms with van der Waals surface area (Å²) in [5.74, 6) is 0.417. The van der Waals surface area contributed by atoms with E-state index in [4.69, 9.17) is 4.74 Å². The summed E-state index contributed by atoms with van der Waals surface area (Å²) in [6, 6.07) is 5.53. The van der Waals surface area contributed by atoms with Crippen molar-refractivity contribution >= 4 is 0 Å². The predicted octanol–water partition coefficient (Wildman–Crippen LogP) is 3.41. The van der Waals surface area contributed by atoms with Gasteiger partial charge < -0.3 is 10.1 Å². The number of rotatable bonds is 2. The SMILES string of the molecule is FC(F)(F)c1ccc(CC2COC3(CCNCC3)C2)cc1. The minimum atomic E-state index is -4.26. The van der Waals surface area contributed by atoms with Crippen LogP contribution in [-0.4, -0.2) is 25.3 Å². The highest BCUT2D eigenvalue weighted by Crippen LogP contribution is 2.38. The molecule has 0 amide bonds. The summed E-state index contributed by atoms with van der Waals surface area (Å²) in [4.78, 5) is 0. The van der Waals surface area contributed by atoms with Crippen LogP contribution in [0.1, 0.15) is 30.4 Å². The van der Waals surface area contributed by atoms with E-state index < -0.39 is 11.7 Å². The molecule has 0 saturated carbocycles. The summed E-state index contributed by atoms with van der Waals surface area (Å²) in [5.41, 5.74) is 0.397. The molecule has 5 heteroatoms. The second-order valence-electron chi connectivity index (χ2n) is 6.21. The molecule has 3 rings (SSSR count). The van der Waals surface area contributed by atoms with Crippen molar-refractivity contribution in [2.75, 3.05) is 19.7 Å². The van der Waals surface area contributed by atoms with Crippen LogP contribution in [-0.2, 0) is 17.3 Å². The lowest BCUT2D eigenvalue weighted by Gasteiger charge is -2.33. The van der Waals surface area contributed by atoms with Gasteiger partial charge in [-0.2, -0.15) is 13.2 Å². The lowest BCUT2D eigenvalue weighted by atomic mass is 9.84. The fourth-order valence-corrected chi connectivity index (χ4v) is 3.46. The molecule has 1 N–H and O–H groups in total. The number of halogens is 3. The zero-order chi connectivity index (χ0) is 14.9. The molecular weight excluding hydrogens is 279 g/mol. The number of hydrogen-bond donors (Lipinski definition) is 1. The van der Waals surface area contributed by atoms with E-state index in [2.05, 4.69) is 5.32 Å². The number of ether oxygens (including phenoxy) is 1. The average Bonchev–Trinajstić information content (AvgIpc) is 2.82. The summed E-state index contributed by atoms with van der Waals surface area (Å²) in [5, 5.41) is 3.33. The lowest BCUT2D eigenvalue weighted by molar-refractivity contribution is -0.137. The Balaban J connectivity index is 1.60. The lowest BCUT2D eigenvalue weighted by Crippen LogP contribution is -2.41. The van der Waals surface area contributed by atoms with E-state index in [9.17, 15) is 13.2 Å². The van der Waals surface area contributed by atoms with Crippen molar-refractivity contribution in [1.82, 2.24) is 5.32 Å². The predicted molar refractivity (Wildman–Crippen MR) is 74.0 cm³/mol. The first-order chi connectivity index (χ1) is 9.97. The van der Waals surface area contributed by atoms with E-state index in [-0.39, 0.29) is 5.60 Å². The van der Waals surface area contributed by atoms with E-state index in [1.807, 2.05) is 0 Å². The molecule has 0 radical (unpaired) electrons. The second kappa shape index (κ2) is 5.61. The van der Waals surface area contributed by atoms with Crippen molar-refractivity contribution in [3.8, 4) is 0 Å². The number of piperidine rings is 1. The molecule has 2 aliphatic heterocycles. The van der Waals surface area contributed by atoms with E-state index in [1.165, 1.54) is 12.1 Å². The molecule has 21 heavy (non-hydrogen) atoms. The minimum absolute atomic E-state index is 0.0157. The smallest absolute Gasteiger partial charge is 0.375 e. The van der Waals surface area contributed by atoms with Gasteiger partial charge in [0.2, 0.25) is 0 Å². The van der Waals surface area contributed by atoms with Gasteiger partial charge in [-0.1, -0.05) is 12.1 Å². The maximum Gasteiger partial charge on any atom is 0.416 e. The molecule has 1 unspecified atom stereocenters. The van der Waals surface area contributed by atoms with Crippen LogP contribution in [0.4, 0.5) is 13.2 Å². The van der Waals surface area contributed by atoms with E-state index in [1.54, 1.807) is 12.1 Å². The molecule has 2 aliphatic rings. The van der Waals surface area contributed by atoms with Gasteiger partial charge in [-0.05, 0) is 62.4 Å². The molecular formula is C16H20F3NO. The van der Waals surface area contributed by atoms with Gasteiger partial charge in [-0.3, -0.25) is 0 Å². The standard InChI is InChI=1S/C16H20F3NO/c17-16(18,19)14-3-1-12(2-4-14)9-13-10-15(21-11-13)5-7-20-8-6-15/h1-4,13,20H,5-11H2. The normalized spacial score (nSPS) is 25.4. The van der Waals surface area contributed by atoms with Crippen molar-refractivity contribution in [1.29, 1.82) is 0 Å². The number of benzene rings is 1. The van der Waals surface area contributed by atoms with Crippen LogP contribution in [0.2, 0.25) is 0 Å². The quantitative estimate of drug-likeness (QED) is 0.903. The minimum Gasteiger partial charge on any atom is -0.375 e. The Labute approximate surface area is 122 Å². The first-order valence-corrected chi connectivity index (χ1v) is 7.48. The summed E-state index contributed by atoms with van der Waals surface area (Å²) >= 11 is 0. The summed E-state index contributed by atoms with van der Waals surface area (Å²) in [6.07, 6.45) is -0.357. The maximum absolute atomic E-state index is 12.5. The third kappa shape index (κ3) is 3.40.